The number of fused-ring (bicyclic) bond motifs is 3. The standard InChI is InChI=1S/C16H12F6NO5P/c17-15(18,19)27-9-1-3-13-11(7-9)12-8-10(28-16(20,21)22)2-4-14(12)23(13)5-6-29(24,25)26/h1-4,7-8H,5-6H2,(H2,24,25,26). The molecule has 3 rings (SSSR count). The van der Waals surface area contributed by atoms with Crippen LogP contribution in [0.1, 0.15) is 0 Å². The number of aryl methyl sites for hydroxylation is 1. The summed E-state index contributed by atoms with van der Waals surface area (Å²) in [6.07, 6.45) is -10.5. The van der Waals surface area contributed by atoms with Crippen molar-refractivity contribution in [1.82, 2.24) is 4.57 Å². The molecule has 0 atom stereocenters. The van der Waals surface area contributed by atoms with Gasteiger partial charge < -0.3 is 23.8 Å². The Morgan fingerprint density at radius 3 is 1.59 bits per heavy atom. The van der Waals surface area contributed by atoms with Crippen LogP contribution in [0, 0.1) is 0 Å². The molecule has 0 amide bonds. The normalized spacial score (nSPS) is 13.2. The third-order valence-corrected chi connectivity index (χ3v) is 4.67. The molecule has 2 N–H and O–H groups in total. The minimum Gasteiger partial charge on any atom is -0.406 e. The average Bonchev–Trinajstić information content (AvgIpc) is 2.82. The fourth-order valence-electron chi connectivity index (χ4n) is 2.93. The fourth-order valence-corrected chi connectivity index (χ4v) is 3.39. The predicted molar refractivity (Wildman–Crippen MR) is 89.7 cm³/mol. The third-order valence-electron chi connectivity index (χ3n) is 3.89. The lowest BCUT2D eigenvalue weighted by molar-refractivity contribution is -0.275. The second kappa shape index (κ2) is 7.12. The minimum atomic E-state index is -4.98. The van der Waals surface area contributed by atoms with Gasteiger partial charge in [0, 0.05) is 28.4 Å². The van der Waals surface area contributed by atoms with E-state index in [-0.39, 0.29) is 28.4 Å². The molecule has 0 unspecified atom stereocenters. The lowest BCUT2D eigenvalue weighted by atomic mass is 10.1. The van der Waals surface area contributed by atoms with Crippen molar-refractivity contribution in [3.8, 4) is 11.5 Å². The zero-order valence-corrected chi connectivity index (χ0v) is 15.1. The first kappa shape index (κ1) is 21.3. The van der Waals surface area contributed by atoms with Gasteiger partial charge in [0.15, 0.2) is 0 Å². The molecule has 1 heterocycles. The molecule has 1 aromatic heterocycles. The Bertz CT molecular complexity index is 1030. The second-order valence-electron chi connectivity index (χ2n) is 5.99. The van der Waals surface area contributed by atoms with Gasteiger partial charge >= 0.3 is 20.3 Å². The molecular weight excluding hydrogens is 431 g/mol. The molecule has 0 saturated carbocycles. The van der Waals surface area contributed by atoms with Gasteiger partial charge in [0.25, 0.3) is 0 Å². The van der Waals surface area contributed by atoms with Gasteiger partial charge in [-0.15, -0.1) is 26.3 Å². The zero-order valence-electron chi connectivity index (χ0n) is 14.2. The van der Waals surface area contributed by atoms with Crippen molar-refractivity contribution < 1.29 is 50.2 Å². The van der Waals surface area contributed by atoms with Crippen LogP contribution in [0.2, 0.25) is 0 Å². The van der Waals surface area contributed by atoms with E-state index in [9.17, 15) is 30.9 Å². The maximum atomic E-state index is 12.5. The van der Waals surface area contributed by atoms with E-state index in [0.717, 1.165) is 24.3 Å². The maximum Gasteiger partial charge on any atom is 0.573 e. The number of aromatic nitrogens is 1. The Hall–Kier alpha value is -2.43. The quantitative estimate of drug-likeness (QED) is 0.439. The number of ether oxygens (including phenoxy) is 2. The van der Waals surface area contributed by atoms with Crippen LogP contribution in [0.4, 0.5) is 26.3 Å². The topological polar surface area (TPSA) is 80.9 Å². The van der Waals surface area contributed by atoms with Crippen LogP contribution in [-0.2, 0) is 11.1 Å². The van der Waals surface area contributed by atoms with E-state index < -0.39 is 38.0 Å². The molecule has 158 valence electrons. The first-order valence-corrected chi connectivity index (χ1v) is 9.64. The fraction of sp³-hybridized carbons (Fsp3) is 0.250. The van der Waals surface area contributed by atoms with Crippen molar-refractivity contribution in [3.63, 3.8) is 0 Å². The molecule has 0 fully saturated rings. The largest absolute Gasteiger partial charge is 0.573 e. The molecule has 0 aliphatic heterocycles. The minimum absolute atomic E-state index is 0.0973. The number of benzene rings is 2. The summed E-state index contributed by atoms with van der Waals surface area (Å²) in [5, 5.41) is 0.195. The van der Waals surface area contributed by atoms with E-state index in [0.29, 0.717) is 0 Å². The molecule has 0 spiro atoms. The van der Waals surface area contributed by atoms with Crippen molar-refractivity contribution in [2.45, 2.75) is 19.3 Å². The monoisotopic (exact) mass is 443 g/mol. The van der Waals surface area contributed by atoms with E-state index in [4.69, 9.17) is 9.79 Å². The Morgan fingerprint density at radius 1 is 0.828 bits per heavy atom. The van der Waals surface area contributed by atoms with Gasteiger partial charge in [-0.2, -0.15) is 0 Å². The van der Waals surface area contributed by atoms with Crippen LogP contribution < -0.4 is 9.47 Å². The van der Waals surface area contributed by atoms with Gasteiger partial charge in [0.1, 0.15) is 11.5 Å². The Morgan fingerprint density at radius 2 is 1.24 bits per heavy atom. The van der Waals surface area contributed by atoms with Crippen molar-refractivity contribution in [2.75, 3.05) is 6.16 Å². The van der Waals surface area contributed by atoms with E-state index in [1.807, 2.05) is 0 Å². The van der Waals surface area contributed by atoms with Crippen molar-refractivity contribution in [2.24, 2.45) is 0 Å². The molecule has 0 aliphatic carbocycles. The van der Waals surface area contributed by atoms with E-state index in [1.165, 1.54) is 16.7 Å². The molecule has 2 aromatic carbocycles. The van der Waals surface area contributed by atoms with Crippen LogP contribution in [0.25, 0.3) is 21.8 Å². The highest BCUT2D eigenvalue weighted by Crippen LogP contribution is 2.39. The number of hydrogen-bond donors (Lipinski definition) is 2. The first-order chi connectivity index (χ1) is 13.2. The van der Waals surface area contributed by atoms with Gasteiger partial charge in [-0.05, 0) is 36.4 Å². The summed E-state index contributed by atoms with van der Waals surface area (Å²) in [6.45, 7) is -0.219. The van der Waals surface area contributed by atoms with Crippen LogP contribution >= 0.6 is 7.60 Å². The average molecular weight is 443 g/mol. The van der Waals surface area contributed by atoms with Gasteiger partial charge in [-0.1, -0.05) is 0 Å². The molecule has 3 aromatic rings. The van der Waals surface area contributed by atoms with Crippen LogP contribution in [0.15, 0.2) is 36.4 Å². The van der Waals surface area contributed by atoms with Crippen LogP contribution in [0.3, 0.4) is 0 Å². The zero-order chi connectivity index (χ0) is 21.6. The second-order valence-corrected chi connectivity index (χ2v) is 7.77. The van der Waals surface area contributed by atoms with Crippen molar-refractivity contribution in [1.29, 1.82) is 0 Å². The molecule has 6 nitrogen and oxygen atoms in total. The molecule has 0 bridgehead atoms. The summed E-state index contributed by atoms with van der Waals surface area (Å²) in [5.74, 6) is -1.19. The van der Waals surface area contributed by atoms with Crippen LogP contribution in [-0.4, -0.2) is 33.2 Å². The number of hydrogen-bond acceptors (Lipinski definition) is 3. The molecule has 0 radical (unpaired) electrons. The summed E-state index contributed by atoms with van der Waals surface area (Å²) in [4.78, 5) is 18.2. The number of rotatable bonds is 5. The molecule has 0 saturated heterocycles. The van der Waals surface area contributed by atoms with E-state index >= 15 is 0 Å². The highest BCUT2D eigenvalue weighted by atomic mass is 31.2. The van der Waals surface area contributed by atoms with Gasteiger partial charge in [0.05, 0.1) is 6.16 Å². The van der Waals surface area contributed by atoms with Crippen molar-refractivity contribution >= 4 is 29.4 Å². The van der Waals surface area contributed by atoms with Gasteiger partial charge in [-0.25, -0.2) is 0 Å². The summed E-state index contributed by atoms with van der Waals surface area (Å²) in [5.41, 5.74) is 0.513. The Balaban J connectivity index is 2.18. The SMILES string of the molecule is O=P(O)(O)CCn1c2ccc(OC(F)(F)F)cc2c2cc(OC(F)(F)F)ccc21. The first-order valence-electron chi connectivity index (χ1n) is 7.84. The predicted octanol–water partition coefficient (Wildman–Crippen LogP) is 4.77. The van der Waals surface area contributed by atoms with E-state index in [1.54, 1.807) is 0 Å². The lowest BCUT2D eigenvalue weighted by Gasteiger charge is -2.11. The molecule has 29 heavy (non-hydrogen) atoms. The Labute approximate surface area is 158 Å². The summed E-state index contributed by atoms with van der Waals surface area (Å²) in [6, 6.07) is 6.40. The highest BCUT2D eigenvalue weighted by Gasteiger charge is 2.32. The number of nitrogens with zero attached hydrogens (tertiary/aromatic N) is 1. The van der Waals surface area contributed by atoms with E-state index in [2.05, 4.69) is 9.47 Å². The number of alkyl halides is 6. The van der Waals surface area contributed by atoms with Gasteiger partial charge in [-0.3, -0.25) is 4.57 Å². The van der Waals surface area contributed by atoms with Crippen LogP contribution in [0.5, 0.6) is 11.5 Å². The maximum absolute atomic E-state index is 12.5. The highest BCUT2D eigenvalue weighted by molar-refractivity contribution is 7.51. The lowest BCUT2D eigenvalue weighted by Crippen LogP contribution is -2.17. The van der Waals surface area contributed by atoms with Crippen molar-refractivity contribution in [3.05, 3.63) is 36.4 Å². The van der Waals surface area contributed by atoms with Gasteiger partial charge in [0.2, 0.25) is 0 Å². The summed E-state index contributed by atoms with van der Waals surface area (Å²) >= 11 is 0. The molecular formula is C16H12F6NO5P. The molecule has 0 aliphatic rings. The smallest absolute Gasteiger partial charge is 0.406 e. The summed E-state index contributed by atoms with van der Waals surface area (Å²) < 4.78 is 95.3. The Kier molecular flexibility index (Phi) is 5.22. The third kappa shape index (κ3) is 5.34. The number of halogens is 6. The summed E-state index contributed by atoms with van der Waals surface area (Å²) in [7, 11) is -4.41. The molecule has 13 heteroatoms.